The molecule has 2 aromatic carbocycles. The molecule has 0 saturated carbocycles. The predicted octanol–water partition coefficient (Wildman–Crippen LogP) is 4.58. The van der Waals surface area contributed by atoms with Gasteiger partial charge in [-0.1, -0.05) is 29.8 Å². The fourth-order valence-corrected chi connectivity index (χ4v) is 3.87. The molecule has 0 spiro atoms. The van der Waals surface area contributed by atoms with E-state index in [1.54, 1.807) is 6.20 Å². The lowest BCUT2D eigenvalue weighted by Gasteiger charge is -2.38. The third kappa shape index (κ3) is 4.19. The monoisotopic (exact) mass is 389 g/mol. The van der Waals surface area contributed by atoms with Gasteiger partial charge in [0.1, 0.15) is 17.2 Å². The number of aromatic nitrogens is 2. The lowest BCUT2D eigenvalue weighted by molar-refractivity contribution is 0.0619. The second-order valence-corrected chi connectivity index (χ2v) is 8.43. The molecule has 1 aliphatic rings. The Kier molecular flexibility index (Phi) is 4.91. The summed E-state index contributed by atoms with van der Waals surface area (Å²) < 4.78 is 8.19. The van der Waals surface area contributed by atoms with Crippen molar-refractivity contribution in [2.24, 2.45) is 0 Å². The maximum Gasteiger partial charge on any atom is 0.251 e. The van der Waals surface area contributed by atoms with E-state index < -0.39 is 0 Å². The highest BCUT2D eigenvalue weighted by Crippen LogP contribution is 2.40. The summed E-state index contributed by atoms with van der Waals surface area (Å²) in [6, 6.07) is 13.8. The van der Waals surface area contributed by atoms with E-state index in [-0.39, 0.29) is 17.6 Å². The number of carbonyl (C=O) groups is 1. The summed E-state index contributed by atoms with van der Waals surface area (Å²) >= 11 is 0. The van der Waals surface area contributed by atoms with Gasteiger partial charge in [-0.2, -0.15) is 0 Å². The minimum Gasteiger partial charge on any atom is -0.487 e. The Morgan fingerprint density at radius 3 is 2.66 bits per heavy atom. The molecular weight excluding hydrogens is 362 g/mol. The Labute approximate surface area is 171 Å². The molecular formula is C24H27N3O2. The molecule has 1 atom stereocenters. The van der Waals surface area contributed by atoms with Crippen LogP contribution in [-0.2, 0) is 6.54 Å². The number of benzene rings is 2. The number of rotatable bonds is 4. The summed E-state index contributed by atoms with van der Waals surface area (Å²) in [6.45, 7) is 8.90. The molecule has 5 heteroatoms. The summed E-state index contributed by atoms with van der Waals surface area (Å²) in [4.78, 5) is 17.2. The number of imidazole rings is 1. The first-order valence-corrected chi connectivity index (χ1v) is 9.98. The van der Waals surface area contributed by atoms with Crippen molar-refractivity contribution in [3.8, 4) is 5.75 Å². The van der Waals surface area contributed by atoms with Crippen LogP contribution < -0.4 is 10.1 Å². The van der Waals surface area contributed by atoms with Crippen molar-refractivity contribution in [3.63, 3.8) is 0 Å². The van der Waals surface area contributed by atoms with E-state index in [9.17, 15) is 4.79 Å². The first kappa shape index (κ1) is 19.2. The van der Waals surface area contributed by atoms with Gasteiger partial charge >= 0.3 is 0 Å². The third-order valence-corrected chi connectivity index (χ3v) is 5.42. The molecule has 1 N–H and O–H groups in total. The Morgan fingerprint density at radius 1 is 1.21 bits per heavy atom. The van der Waals surface area contributed by atoms with Crippen molar-refractivity contribution >= 4 is 5.91 Å². The zero-order valence-corrected chi connectivity index (χ0v) is 17.4. The molecule has 1 aromatic heterocycles. The van der Waals surface area contributed by atoms with Crippen LogP contribution in [0.2, 0.25) is 0 Å². The van der Waals surface area contributed by atoms with Gasteiger partial charge in [0, 0.05) is 36.5 Å². The number of aryl methyl sites for hydroxylation is 2. The van der Waals surface area contributed by atoms with Gasteiger partial charge in [0.25, 0.3) is 5.91 Å². The average Bonchev–Trinajstić information content (AvgIpc) is 3.07. The zero-order valence-electron chi connectivity index (χ0n) is 17.4. The third-order valence-electron chi connectivity index (χ3n) is 5.42. The van der Waals surface area contributed by atoms with Crippen LogP contribution >= 0.6 is 0 Å². The molecule has 4 rings (SSSR count). The fraction of sp³-hybridized carbons (Fsp3) is 0.333. The van der Waals surface area contributed by atoms with E-state index in [2.05, 4.69) is 41.7 Å². The second kappa shape index (κ2) is 7.39. The Hall–Kier alpha value is -3.08. The van der Waals surface area contributed by atoms with Crippen LogP contribution in [0, 0.1) is 13.8 Å². The first-order valence-electron chi connectivity index (χ1n) is 9.98. The number of nitrogens with zero attached hydrogens (tertiary/aromatic N) is 2. The number of amides is 1. The van der Waals surface area contributed by atoms with E-state index >= 15 is 0 Å². The normalized spacial score (nSPS) is 17.3. The molecule has 1 aliphatic heterocycles. The molecule has 2 heterocycles. The number of nitrogens with one attached hydrogen (secondary N) is 1. The van der Waals surface area contributed by atoms with E-state index in [1.165, 1.54) is 0 Å². The van der Waals surface area contributed by atoms with Gasteiger partial charge in [-0.25, -0.2) is 4.98 Å². The highest BCUT2D eigenvalue weighted by Gasteiger charge is 2.34. The van der Waals surface area contributed by atoms with Crippen molar-refractivity contribution in [1.29, 1.82) is 0 Å². The molecule has 150 valence electrons. The standard InChI is InChI=1S/C24H27N3O2/c1-16-5-10-22-20(13-16)21(14-24(3,4)29-22)26-23(28)19-8-6-18(7-9-19)15-27-12-11-25-17(27)2/h5-13,21H,14-15H2,1-4H3,(H,26,28)/t21-/m0/s1. The molecule has 0 radical (unpaired) electrons. The van der Waals surface area contributed by atoms with Crippen molar-refractivity contribution in [1.82, 2.24) is 14.9 Å². The smallest absolute Gasteiger partial charge is 0.251 e. The van der Waals surface area contributed by atoms with Gasteiger partial charge < -0.3 is 14.6 Å². The van der Waals surface area contributed by atoms with Crippen molar-refractivity contribution in [2.45, 2.75) is 52.3 Å². The maximum absolute atomic E-state index is 12.9. The molecule has 0 bridgehead atoms. The summed E-state index contributed by atoms with van der Waals surface area (Å²) in [7, 11) is 0. The number of carbonyl (C=O) groups excluding carboxylic acids is 1. The maximum atomic E-state index is 12.9. The van der Waals surface area contributed by atoms with E-state index in [0.717, 1.165) is 41.2 Å². The highest BCUT2D eigenvalue weighted by molar-refractivity contribution is 5.94. The first-order chi connectivity index (χ1) is 13.8. The Bertz CT molecular complexity index is 1030. The molecule has 0 fully saturated rings. The van der Waals surface area contributed by atoms with Crippen LogP contribution in [0.3, 0.4) is 0 Å². The quantitative estimate of drug-likeness (QED) is 0.711. The van der Waals surface area contributed by atoms with Gasteiger partial charge in [0.2, 0.25) is 0 Å². The van der Waals surface area contributed by atoms with Crippen molar-refractivity contribution < 1.29 is 9.53 Å². The SMILES string of the molecule is Cc1ccc2c(c1)[C@@H](NC(=O)c1ccc(Cn3ccnc3C)cc1)CC(C)(C)O2. The van der Waals surface area contributed by atoms with Gasteiger partial charge in [-0.05, 0) is 51.5 Å². The van der Waals surface area contributed by atoms with Crippen LogP contribution in [0.4, 0.5) is 0 Å². The lowest BCUT2D eigenvalue weighted by atomic mass is 9.88. The molecule has 0 saturated heterocycles. The topological polar surface area (TPSA) is 56.2 Å². The molecule has 29 heavy (non-hydrogen) atoms. The second-order valence-electron chi connectivity index (χ2n) is 8.43. The average molecular weight is 389 g/mol. The van der Waals surface area contributed by atoms with Gasteiger partial charge in [-0.3, -0.25) is 4.79 Å². The minimum atomic E-state index is -0.327. The van der Waals surface area contributed by atoms with Crippen LogP contribution in [0.5, 0.6) is 5.75 Å². The zero-order chi connectivity index (χ0) is 20.6. The Balaban J connectivity index is 1.50. The minimum absolute atomic E-state index is 0.0643. The Morgan fingerprint density at radius 2 is 1.97 bits per heavy atom. The summed E-state index contributed by atoms with van der Waals surface area (Å²) in [6.07, 6.45) is 4.49. The van der Waals surface area contributed by atoms with E-state index in [1.807, 2.05) is 49.5 Å². The number of hydrogen-bond acceptors (Lipinski definition) is 3. The van der Waals surface area contributed by atoms with Crippen molar-refractivity contribution in [3.05, 3.63) is 82.9 Å². The number of ether oxygens (including phenoxy) is 1. The van der Waals surface area contributed by atoms with Crippen LogP contribution in [-0.4, -0.2) is 21.1 Å². The number of fused-ring (bicyclic) bond motifs is 1. The van der Waals surface area contributed by atoms with Gasteiger partial charge in [-0.15, -0.1) is 0 Å². The van der Waals surface area contributed by atoms with E-state index in [0.29, 0.717) is 5.56 Å². The molecule has 5 nitrogen and oxygen atoms in total. The number of hydrogen-bond donors (Lipinski definition) is 1. The van der Waals surface area contributed by atoms with E-state index in [4.69, 9.17) is 4.74 Å². The summed E-state index contributed by atoms with van der Waals surface area (Å²) in [5.74, 6) is 1.76. The van der Waals surface area contributed by atoms with Crippen LogP contribution in [0.1, 0.15) is 59.2 Å². The predicted molar refractivity (Wildman–Crippen MR) is 113 cm³/mol. The molecule has 3 aromatic rings. The molecule has 0 aliphatic carbocycles. The highest BCUT2D eigenvalue weighted by atomic mass is 16.5. The van der Waals surface area contributed by atoms with Crippen LogP contribution in [0.15, 0.2) is 54.9 Å². The molecule has 1 amide bonds. The van der Waals surface area contributed by atoms with Crippen molar-refractivity contribution in [2.75, 3.05) is 0 Å². The summed E-state index contributed by atoms with van der Waals surface area (Å²) in [5, 5.41) is 3.21. The van der Waals surface area contributed by atoms with Crippen LogP contribution in [0.25, 0.3) is 0 Å². The van der Waals surface area contributed by atoms with Gasteiger partial charge in [0.15, 0.2) is 0 Å². The lowest BCUT2D eigenvalue weighted by Crippen LogP contribution is -2.41. The molecule has 0 unspecified atom stereocenters. The summed E-state index contributed by atoms with van der Waals surface area (Å²) in [5.41, 5.74) is 3.67. The van der Waals surface area contributed by atoms with Gasteiger partial charge in [0.05, 0.1) is 6.04 Å². The largest absolute Gasteiger partial charge is 0.487 e. The fourth-order valence-electron chi connectivity index (χ4n) is 3.87.